The molecular formula is C5H7N3O3. The summed E-state index contributed by atoms with van der Waals surface area (Å²) >= 11 is 0. The van der Waals surface area contributed by atoms with Crippen LogP contribution >= 0.6 is 0 Å². The predicted molar refractivity (Wildman–Crippen MR) is 34.9 cm³/mol. The molecule has 60 valence electrons. The molecule has 0 bridgehead atoms. The average molecular weight is 157 g/mol. The van der Waals surface area contributed by atoms with Gasteiger partial charge in [-0.15, -0.1) is 0 Å². The molecule has 1 fully saturated rings. The fourth-order valence-electron chi connectivity index (χ4n) is 0.959. The standard InChI is InChI=1S/C5H7N3O3/c6-8-7-4-2-11-1-3(4)5(9)10/h3-4H,1-2H2,(H,9,10). The van der Waals surface area contributed by atoms with Gasteiger partial charge in [-0.2, -0.15) is 0 Å². The van der Waals surface area contributed by atoms with Gasteiger partial charge in [0.25, 0.3) is 0 Å². The first kappa shape index (κ1) is 7.84. The number of azide groups is 1. The minimum atomic E-state index is -0.972. The van der Waals surface area contributed by atoms with Gasteiger partial charge in [0, 0.05) is 4.91 Å². The fourth-order valence-corrected chi connectivity index (χ4v) is 0.959. The number of hydrogen-bond donors (Lipinski definition) is 1. The van der Waals surface area contributed by atoms with E-state index < -0.39 is 17.9 Å². The number of carbonyl (C=O) groups is 1. The summed E-state index contributed by atoms with van der Waals surface area (Å²) in [7, 11) is 0. The zero-order valence-electron chi connectivity index (χ0n) is 5.67. The van der Waals surface area contributed by atoms with Crippen molar-refractivity contribution in [1.82, 2.24) is 0 Å². The molecule has 1 aliphatic heterocycles. The van der Waals surface area contributed by atoms with Crippen LogP contribution in [0.15, 0.2) is 5.11 Å². The topological polar surface area (TPSA) is 95.3 Å². The van der Waals surface area contributed by atoms with Gasteiger partial charge >= 0.3 is 5.97 Å². The largest absolute Gasteiger partial charge is 0.481 e. The molecule has 1 heterocycles. The Kier molecular flexibility index (Phi) is 2.30. The van der Waals surface area contributed by atoms with Gasteiger partial charge in [0.15, 0.2) is 0 Å². The van der Waals surface area contributed by atoms with Crippen molar-refractivity contribution in [2.45, 2.75) is 6.04 Å². The molecule has 0 saturated carbocycles. The number of nitrogens with zero attached hydrogens (tertiary/aromatic N) is 3. The maximum atomic E-state index is 10.4. The zero-order valence-corrected chi connectivity index (χ0v) is 5.67. The van der Waals surface area contributed by atoms with E-state index in [0.29, 0.717) is 0 Å². The Morgan fingerprint density at radius 3 is 3.00 bits per heavy atom. The van der Waals surface area contributed by atoms with Gasteiger partial charge in [-0.05, 0) is 5.53 Å². The summed E-state index contributed by atoms with van der Waals surface area (Å²) in [4.78, 5) is 13.0. The molecule has 2 atom stereocenters. The van der Waals surface area contributed by atoms with Crippen LogP contribution < -0.4 is 0 Å². The van der Waals surface area contributed by atoms with Crippen LogP contribution in [-0.2, 0) is 9.53 Å². The summed E-state index contributed by atoms with van der Waals surface area (Å²) in [6.45, 7) is 0.347. The fraction of sp³-hybridized carbons (Fsp3) is 0.800. The number of aliphatic carboxylic acids is 1. The van der Waals surface area contributed by atoms with Crippen LogP contribution in [0.3, 0.4) is 0 Å². The first-order valence-corrected chi connectivity index (χ1v) is 3.10. The quantitative estimate of drug-likeness (QED) is 0.357. The Balaban J connectivity index is 2.64. The lowest BCUT2D eigenvalue weighted by Crippen LogP contribution is -2.24. The summed E-state index contributed by atoms with van der Waals surface area (Å²) in [5, 5.41) is 11.8. The Hall–Kier alpha value is -1.26. The summed E-state index contributed by atoms with van der Waals surface area (Å²) in [5.74, 6) is -1.65. The van der Waals surface area contributed by atoms with Crippen molar-refractivity contribution in [2.24, 2.45) is 11.0 Å². The van der Waals surface area contributed by atoms with E-state index in [1.54, 1.807) is 0 Å². The van der Waals surface area contributed by atoms with Crippen LogP contribution in [0.2, 0.25) is 0 Å². The molecule has 2 unspecified atom stereocenters. The molecule has 1 aliphatic rings. The molecule has 1 saturated heterocycles. The summed E-state index contributed by atoms with van der Waals surface area (Å²) in [6, 6.07) is -0.544. The van der Waals surface area contributed by atoms with Crippen LogP contribution in [0.25, 0.3) is 10.4 Å². The minimum absolute atomic E-state index is 0.138. The van der Waals surface area contributed by atoms with E-state index in [2.05, 4.69) is 10.0 Å². The summed E-state index contributed by atoms with van der Waals surface area (Å²) < 4.78 is 4.84. The molecule has 11 heavy (non-hydrogen) atoms. The lowest BCUT2D eigenvalue weighted by molar-refractivity contribution is -0.141. The Morgan fingerprint density at radius 2 is 2.45 bits per heavy atom. The molecule has 6 nitrogen and oxygen atoms in total. The van der Waals surface area contributed by atoms with Crippen LogP contribution in [0.5, 0.6) is 0 Å². The van der Waals surface area contributed by atoms with E-state index in [4.69, 9.17) is 15.4 Å². The van der Waals surface area contributed by atoms with Gasteiger partial charge in [-0.3, -0.25) is 4.79 Å². The van der Waals surface area contributed by atoms with E-state index in [1.807, 2.05) is 0 Å². The molecule has 1 rings (SSSR count). The highest BCUT2D eigenvalue weighted by Crippen LogP contribution is 2.16. The van der Waals surface area contributed by atoms with Gasteiger partial charge < -0.3 is 9.84 Å². The van der Waals surface area contributed by atoms with E-state index >= 15 is 0 Å². The third-order valence-corrected chi connectivity index (χ3v) is 1.57. The Labute approximate surface area is 62.4 Å². The zero-order chi connectivity index (χ0) is 8.27. The van der Waals surface area contributed by atoms with Crippen molar-refractivity contribution in [2.75, 3.05) is 13.2 Å². The van der Waals surface area contributed by atoms with Gasteiger partial charge in [0.05, 0.1) is 25.2 Å². The molecule has 0 aliphatic carbocycles. The first-order valence-electron chi connectivity index (χ1n) is 3.10. The van der Waals surface area contributed by atoms with Crippen LogP contribution in [0.4, 0.5) is 0 Å². The molecule has 1 N–H and O–H groups in total. The molecule has 0 amide bonds. The third-order valence-electron chi connectivity index (χ3n) is 1.57. The van der Waals surface area contributed by atoms with E-state index in [1.165, 1.54) is 0 Å². The van der Waals surface area contributed by atoms with Crippen molar-refractivity contribution in [3.8, 4) is 0 Å². The van der Waals surface area contributed by atoms with Gasteiger partial charge in [-0.25, -0.2) is 0 Å². The van der Waals surface area contributed by atoms with E-state index in [-0.39, 0.29) is 13.2 Å². The SMILES string of the molecule is [N-]=[N+]=NC1COCC1C(=O)O. The van der Waals surface area contributed by atoms with Gasteiger partial charge in [0.2, 0.25) is 0 Å². The predicted octanol–water partition coefficient (Wildman–Crippen LogP) is 0.396. The summed E-state index contributed by atoms with van der Waals surface area (Å²) in [6.07, 6.45) is 0. The van der Waals surface area contributed by atoms with E-state index in [9.17, 15) is 4.79 Å². The highest BCUT2D eigenvalue weighted by Gasteiger charge is 2.32. The van der Waals surface area contributed by atoms with Crippen molar-refractivity contribution in [3.05, 3.63) is 10.4 Å². The van der Waals surface area contributed by atoms with Crippen LogP contribution in [0, 0.1) is 5.92 Å². The minimum Gasteiger partial charge on any atom is -0.481 e. The second kappa shape index (κ2) is 3.23. The van der Waals surface area contributed by atoms with Crippen molar-refractivity contribution in [1.29, 1.82) is 0 Å². The second-order valence-corrected chi connectivity index (χ2v) is 2.25. The monoisotopic (exact) mass is 157 g/mol. The first-order chi connectivity index (χ1) is 5.25. The molecule has 0 aromatic rings. The highest BCUT2D eigenvalue weighted by molar-refractivity contribution is 5.71. The lowest BCUT2D eigenvalue weighted by Gasteiger charge is -2.04. The number of hydrogen-bond acceptors (Lipinski definition) is 3. The van der Waals surface area contributed by atoms with Crippen LogP contribution in [0.1, 0.15) is 0 Å². The molecular weight excluding hydrogens is 150 g/mol. The summed E-state index contributed by atoms with van der Waals surface area (Å²) in [5.41, 5.74) is 8.04. The molecule has 0 aromatic heterocycles. The number of rotatable bonds is 2. The lowest BCUT2D eigenvalue weighted by atomic mass is 10.1. The highest BCUT2D eigenvalue weighted by atomic mass is 16.5. The normalized spacial score (nSPS) is 29.5. The van der Waals surface area contributed by atoms with Gasteiger partial charge in [-0.1, -0.05) is 5.11 Å². The maximum absolute atomic E-state index is 10.4. The van der Waals surface area contributed by atoms with Crippen molar-refractivity contribution >= 4 is 5.97 Å². The number of carboxylic acid groups (broad SMARTS) is 1. The smallest absolute Gasteiger partial charge is 0.309 e. The molecule has 6 heteroatoms. The second-order valence-electron chi connectivity index (χ2n) is 2.25. The van der Waals surface area contributed by atoms with Crippen molar-refractivity contribution < 1.29 is 14.6 Å². The Morgan fingerprint density at radius 1 is 1.73 bits per heavy atom. The Bertz CT molecular complexity index is 203. The van der Waals surface area contributed by atoms with Gasteiger partial charge in [0.1, 0.15) is 0 Å². The molecule has 0 aromatic carbocycles. The maximum Gasteiger partial charge on any atom is 0.309 e. The molecule has 0 radical (unpaired) electrons. The third kappa shape index (κ3) is 1.60. The van der Waals surface area contributed by atoms with E-state index in [0.717, 1.165) is 0 Å². The van der Waals surface area contributed by atoms with Crippen LogP contribution in [-0.4, -0.2) is 30.3 Å². The average Bonchev–Trinajstić information content (AvgIpc) is 2.36. The number of carboxylic acids is 1. The number of ether oxygens (including phenoxy) is 1. The van der Waals surface area contributed by atoms with Crippen molar-refractivity contribution in [3.63, 3.8) is 0 Å². The molecule has 0 spiro atoms.